The Morgan fingerprint density at radius 2 is 2.32 bits per heavy atom. The van der Waals surface area contributed by atoms with Crippen LogP contribution in [0.1, 0.15) is 10.8 Å². The minimum atomic E-state index is -0.184. The summed E-state index contributed by atoms with van der Waals surface area (Å²) in [5.41, 5.74) is 2.61. The second kappa shape index (κ2) is 6.26. The van der Waals surface area contributed by atoms with Crippen LogP contribution >= 0.6 is 11.3 Å². The number of aromatic nitrogens is 1. The van der Waals surface area contributed by atoms with Crippen LogP contribution in [0.3, 0.4) is 0 Å². The second-order valence-corrected chi connectivity index (χ2v) is 6.13. The number of carbonyl (C=O) groups excluding carboxylic acids is 1. The molecule has 0 spiro atoms. The number of ether oxygens (including phenoxy) is 1. The number of rotatable bonds is 3. The highest BCUT2D eigenvalue weighted by Crippen LogP contribution is 2.34. The van der Waals surface area contributed by atoms with Crippen LogP contribution in [0.15, 0.2) is 46.4 Å². The molecular formula is C18H11N3O3S. The molecule has 3 heterocycles. The van der Waals surface area contributed by atoms with E-state index in [4.69, 9.17) is 9.15 Å². The molecule has 0 aliphatic carbocycles. The predicted molar refractivity (Wildman–Crippen MR) is 93.9 cm³/mol. The van der Waals surface area contributed by atoms with Crippen molar-refractivity contribution in [3.8, 4) is 23.1 Å². The van der Waals surface area contributed by atoms with Gasteiger partial charge in [0.2, 0.25) is 0 Å². The summed E-state index contributed by atoms with van der Waals surface area (Å²) in [5.74, 6) is 1.05. The van der Waals surface area contributed by atoms with Crippen LogP contribution in [0, 0.1) is 11.3 Å². The molecule has 0 radical (unpaired) electrons. The van der Waals surface area contributed by atoms with E-state index in [2.05, 4.69) is 16.4 Å². The lowest BCUT2D eigenvalue weighted by Gasteiger charge is -2.18. The van der Waals surface area contributed by atoms with Crippen molar-refractivity contribution < 1.29 is 13.9 Å². The zero-order valence-electron chi connectivity index (χ0n) is 12.9. The molecule has 0 saturated heterocycles. The molecule has 2 aromatic heterocycles. The van der Waals surface area contributed by atoms with Crippen molar-refractivity contribution in [2.24, 2.45) is 0 Å². The van der Waals surface area contributed by atoms with Crippen molar-refractivity contribution in [1.29, 1.82) is 5.26 Å². The summed E-state index contributed by atoms with van der Waals surface area (Å²) in [4.78, 5) is 16.0. The topological polar surface area (TPSA) is 88.2 Å². The fraction of sp³-hybridized carbons (Fsp3) is 0.0556. The lowest BCUT2D eigenvalue weighted by Crippen LogP contribution is -2.25. The molecule has 7 heteroatoms. The van der Waals surface area contributed by atoms with Crippen molar-refractivity contribution in [3.05, 3.63) is 52.7 Å². The normalized spacial score (nSPS) is 13.6. The van der Waals surface area contributed by atoms with E-state index in [1.54, 1.807) is 30.5 Å². The van der Waals surface area contributed by atoms with Crippen molar-refractivity contribution >= 4 is 34.6 Å². The third-order valence-corrected chi connectivity index (χ3v) is 4.47. The van der Waals surface area contributed by atoms with Gasteiger partial charge in [-0.25, -0.2) is 4.98 Å². The SMILES string of the molecule is N#C/C(=C/c1ccco1)c1nc(-c2ccc3c(c2)NC(=O)CO3)cs1. The molecule has 0 saturated carbocycles. The number of hydrogen-bond donors (Lipinski definition) is 1. The minimum Gasteiger partial charge on any atom is -0.482 e. The molecule has 0 fully saturated rings. The highest BCUT2D eigenvalue weighted by molar-refractivity contribution is 7.11. The maximum atomic E-state index is 11.5. The number of amides is 1. The molecule has 25 heavy (non-hydrogen) atoms. The Morgan fingerprint density at radius 1 is 1.40 bits per heavy atom. The average Bonchev–Trinajstić information content (AvgIpc) is 3.31. The monoisotopic (exact) mass is 349 g/mol. The summed E-state index contributed by atoms with van der Waals surface area (Å²) in [7, 11) is 0. The maximum absolute atomic E-state index is 11.5. The van der Waals surface area contributed by atoms with Crippen LogP contribution in [0.4, 0.5) is 5.69 Å². The summed E-state index contributed by atoms with van der Waals surface area (Å²) >= 11 is 1.37. The first-order valence-corrected chi connectivity index (χ1v) is 8.29. The number of nitriles is 1. The fourth-order valence-corrected chi connectivity index (χ4v) is 3.22. The first-order valence-electron chi connectivity index (χ1n) is 7.41. The number of allylic oxidation sites excluding steroid dienone is 1. The van der Waals surface area contributed by atoms with Crippen LogP contribution in [-0.2, 0) is 4.79 Å². The molecular weight excluding hydrogens is 338 g/mol. The van der Waals surface area contributed by atoms with Crippen LogP contribution < -0.4 is 10.1 Å². The zero-order chi connectivity index (χ0) is 17.2. The van der Waals surface area contributed by atoms with E-state index in [0.717, 1.165) is 11.3 Å². The van der Waals surface area contributed by atoms with Gasteiger partial charge < -0.3 is 14.5 Å². The molecule has 6 nitrogen and oxygen atoms in total. The second-order valence-electron chi connectivity index (χ2n) is 5.27. The molecule has 1 aliphatic heterocycles. The van der Waals surface area contributed by atoms with E-state index < -0.39 is 0 Å². The summed E-state index contributed by atoms with van der Waals surface area (Å²) in [6, 6.07) is 11.2. The Balaban J connectivity index is 1.66. The lowest BCUT2D eigenvalue weighted by molar-refractivity contribution is -0.118. The quantitative estimate of drug-likeness (QED) is 0.727. The highest BCUT2D eigenvalue weighted by atomic mass is 32.1. The highest BCUT2D eigenvalue weighted by Gasteiger charge is 2.17. The molecule has 1 amide bonds. The molecule has 4 rings (SSSR count). The molecule has 3 aromatic rings. The van der Waals surface area contributed by atoms with E-state index in [9.17, 15) is 10.1 Å². The molecule has 0 bridgehead atoms. The number of nitrogens with one attached hydrogen (secondary N) is 1. The van der Waals surface area contributed by atoms with E-state index in [-0.39, 0.29) is 12.5 Å². The Hall–Kier alpha value is -3.37. The molecule has 1 aliphatic rings. The minimum absolute atomic E-state index is 0.0241. The largest absolute Gasteiger partial charge is 0.482 e. The number of thiazole rings is 1. The standard InChI is InChI=1S/C18H11N3O3S/c19-8-12(6-13-2-1-5-23-13)18-21-15(10-25-18)11-3-4-16-14(7-11)20-17(22)9-24-16/h1-7,10H,9H2,(H,20,22)/b12-6-. The average molecular weight is 349 g/mol. The molecule has 1 N–H and O–H groups in total. The van der Waals surface area contributed by atoms with Gasteiger partial charge in [0.25, 0.3) is 5.91 Å². The van der Waals surface area contributed by atoms with Crippen molar-refractivity contribution in [2.75, 3.05) is 11.9 Å². The number of nitrogens with zero attached hydrogens (tertiary/aromatic N) is 2. The van der Waals surface area contributed by atoms with Gasteiger partial charge >= 0.3 is 0 Å². The van der Waals surface area contributed by atoms with Gasteiger partial charge in [-0.3, -0.25) is 4.79 Å². The van der Waals surface area contributed by atoms with Gasteiger partial charge in [-0.2, -0.15) is 5.26 Å². The van der Waals surface area contributed by atoms with Crippen molar-refractivity contribution in [2.45, 2.75) is 0 Å². The van der Waals surface area contributed by atoms with Gasteiger partial charge in [-0.05, 0) is 30.3 Å². The predicted octanol–water partition coefficient (Wildman–Crippen LogP) is 3.80. The van der Waals surface area contributed by atoms with Gasteiger partial charge in [-0.1, -0.05) is 0 Å². The number of hydrogen-bond acceptors (Lipinski definition) is 6. The summed E-state index contributed by atoms with van der Waals surface area (Å²) in [6.07, 6.45) is 3.21. The zero-order valence-corrected chi connectivity index (χ0v) is 13.7. The number of fused-ring (bicyclic) bond motifs is 1. The molecule has 0 atom stereocenters. The van der Waals surface area contributed by atoms with Crippen molar-refractivity contribution in [3.63, 3.8) is 0 Å². The van der Waals surface area contributed by atoms with E-state index >= 15 is 0 Å². The smallest absolute Gasteiger partial charge is 0.262 e. The van der Waals surface area contributed by atoms with Gasteiger partial charge in [0.05, 0.1) is 23.2 Å². The van der Waals surface area contributed by atoms with E-state index in [1.807, 2.05) is 17.5 Å². The summed E-state index contributed by atoms with van der Waals surface area (Å²) < 4.78 is 10.6. The molecule has 122 valence electrons. The Morgan fingerprint density at radius 3 is 3.12 bits per heavy atom. The Kier molecular flexibility index (Phi) is 3.80. The first kappa shape index (κ1) is 15.2. The van der Waals surface area contributed by atoms with E-state index in [0.29, 0.717) is 27.8 Å². The van der Waals surface area contributed by atoms with Gasteiger partial charge in [0.15, 0.2) is 6.61 Å². The number of carbonyl (C=O) groups is 1. The fourth-order valence-electron chi connectivity index (χ4n) is 2.43. The van der Waals surface area contributed by atoms with Gasteiger partial charge in [0, 0.05) is 17.0 Å². The summed E-state index contributed by atoms with van der Waals surface area (Å²) in [5, 5.41) is 14.6. The van der Waals surface area contributed by atoms with Crippen LogP contribution in [-0.4, -0.2) is 17.5 Å². The lowest BCUT2D eigenvalue weighted by atomic mass is 10.1. The molecule has 1 aromatic carbocycles. The van der Waals surface area contributed by atoms with Gasteiger partial charge in [-0.15, -0.1) is 11.3 Å². The Labute approximate surface area is 147 Å². The summed E-state index contributed by atoms with van der Waals surface area (Å²) in [6.45, 7) is 0.0241. The van der Waals surface area contributed by atoms with Crippen LogP contribution in [0.25, 0.3) is 22.9 Å². The molecule has 0 unspecified atom stereocenters. The third kappa shape index (κ3) is 3.03. The van der Waals surface area contributed by atoms with E-state index in [1.165, 1.54) is 11.3 Å². The van der Waals surface area contributed by atoms with Gasteiger partial charge in [0.1, 0.15) is 22.6 Å². The Bertz CT molecular complexity index is 1010. The van der Waals surface area contributed by atoms with Crippen LogP contribution in [0.2, 0.25) is 0 Å². The third-order valence-electron chi connectivity index (χ3n) is 3.59. The number of anilines is 1. The number of benzene rings is 1. The van der Waals surface area contributed by atoms with Crippen molar-refractivity contribution in [1.82, 2.24) is 4.98 Å². The first-order chi connectivity index (χ1) is 12.2. The number of furan rings is 1. The maximum Gasteiger partial charge on any atom is 0.262 e. The van der Waals surface area contributed by atoms with Crippen LogP contribution in [0.5, 0.6) is 5.75 Å².